The summed E-state index contributed by atoms with van der Waals surface area (Å²) in [6, 6.07) is 8.16. The molecule has 106 valence electrons. The van der Waals surface area contributed by atoms with Crippen LogP contribution in [0.5, 0.6) is 5.75 Å². The molecule has 4 nitrogen and oxygen atoms in total. The Hall–Kier alpha value is -2.01. The highest BCUT2D eigenvalue weighted by Crippen LogP contribution is 2.19. The predicted molar refractivity (Wildman–Crippen MR) is 80.1 cm³/mol. The Labute approximate surface area is 121 Å². The predicted octanol–water partition coefficient (Wildman–Crippen LogP) is 1.74. The van der Waals surface area contributed by atoms with E-state index in [-0.39, 0.29) is 0 Å². The normalized spacial score (nSPS) is 9.75. The fourth-order valence-electron chi connectivity index (χ4n) is 1.91. The average molecular weight is 271 g/mol. The Balaban J connectivity index is 2.88. The van der Waals surface area contributed by atoms with Crippen molar-refractivity contribution in [2.75, 3.05) is 26.7 Å². The van der Waals surface area contributed by atoms with E-state index in [2.05, 4.69) is 29.7 Å². The second-order valence-corrected chi connectivity index (χ2v) is 4.32. The van der Waals surface area contributed by atoms with Crippen molar-refractivity contribution in [3.05, 3.63) is 29.3 Å². The minimum absolute atomic E-state index is 0.330. The van der Waals surface area contributed by atoms with Crippen molar-refractivity contribution < 1.29 is 4.74 Å². The maximum absolute atomic E-state index is 8.66. The highest BCUT2D eigenvalue weighted by atomic mass is 16.5. The molecule has 20 heavy (non-hydrogen) atoms. The van der Waals surface area contributed by atoms with E-state index in [0.29, 0.717) is 13.0 Å². The summed E-state index contributed by atoms with van der Waals surface area (Å²) in [5.74, 6) is 6.64. The zero-order valence-corrected chi connectivity index (χ0v) is 12.1. The molecule has 0 bridgehead atoms. The number of nitrogens with two attached hydrogens (primary N) is 1. The second-order valence-electron chi connectivity index (χ2n) is 4.32. The first-order valence-corrected chi connectivity index (χ1v) is 6.70. The van der Waals surface area contributed by atoms with Crippen LogP contribution in [0.1, 0.15) is 24.5 Å². The third kappa shape index (κ3) is 4.93. The highest BCUT2D eigenvalue weighted by Gasteiger charge is 2.06. The largest absolute Gasteiger partial charge is 0.495 e. The van der Waals surface area contributed by atoms with Crippen LogP contribution in [0.15, 0.2) is 18.2 Å². The van der Waals surface area contributed by atoms with Gasteiger partial charge in [0.1, 0.15) is 5.75 Å². The number of ether oxygens (including phenoxy) is 1. The highest BCUT2D eigenvalue weighted by molar-refractivity contribution is 5.48. The molecule has 0 amide bonds. The molecule has 4 heteroatoms. The van der Waals surface area contributed by atoms with Crippen LogP contribution in [0.4, 0.5) is 0 Å². The number of methoxy groups -OCH3 is 1. The average Bonchev–Trinajstić information content (AvgIpc) is 2.49. The maximum atomic E-state index is 8.66. The van der Waals surface area contributed by atoms with Gasteiger partial charge in [-0.05, 0) is 24.2 Å². The summed E-state index contributed by atoms with van der Waals surface area (Å²) in [5.41, 5.74) is 7.42. The number of hydrogen-bond donors (Lipinski definition) is 1. The van der Waals surface area contributed by atoms with Crippen molar-refractivity contribution in [2.24, 2.45) is 5.73 Å². The fraction of sp³-hybridized carbons (Fsp3) is 0.438. The van der Waals surface area contributed by atoms with Crippen molar-refractivity contribution in [3.8, 4) is 23.7 Å². The van der Waals surface area contributed by atoms with Crippen molar-refractivity contribution in [2.45, 2.75) is 19.9 Å². The quantitative estimate of drug-likeness (QED) is 0.801. The Kier molecular flexibility index (Phi) is 7.21. The number of nitriles is 1. The van der Waals surface area contributed by atoms with Crippen LogP contribution in [0, 0.1) is 23.2 Å². The molecule has 0 aliphatic rings. The molecule has 0 saturated carbocycles. The van der Waals surface area contributed by atoms with E-state index >= 15 is 0 Å². The Bertz CT molecular complexity index is 523. The van der Waals surface area contributed by atoms with Gasteiger partial charge in [0, 0.05) is 19.5 Å². The van der Waals surface area contributed by atoms with Crippen LogP contribution in [0.3, 0.4) is 0 Å². The van der Waals surface area contributed by atoms with Gasteiger partial charge in [0.25, 0.3) is 0 Å². The molecule has 0 spiro atoms. The lowest BCUT2D eigenvalue weighted by atomic mass is 10.1. The van der Waals surface area contributed by atoms with Gasteiger partial charge >= 0.3 is 0 Å². The summed E-state index contributed by atoms with van der Waals surface area (Å²) in [6.07, 6.45) is 0.545. The van der Waals surface area contributed by atoms with E-state index in [0.717, 1.165) is 36.5 Å². The number of rotatable bonds is 6. The molecule has 0 atom stereocenters. The topological polar surface area (TPSA) is 62.3 Å². The van der Waals surface area contributed by atoms with Crippen LogP contribution < -0.4 is 10.5 Å². The lowest BCUT2D eigenvalue weighted by molar-refractivity contribution is 0.286. The lowest BCUT2D eigenvalue weighted by Crippen LogP contribution is -2.23. The molecule has 1 aromatic rings. The Morgan fingerprint density at radius 3 is 2.80 bits per heavy atom. The number of hydrogen-bond acceptors (Lipinski definition) is 4. The van der Waals surface area contributed by atoms with Crippen molar-refractivity contribution in [1.82, 2.24) is 4.90 Å². The molecule has 0 aliphatic carbocycles. The third-order valence-electron chi connectivity index (χ3n) is 2.98. The SMILES string of the molecule is CCN(CCC#N)Cc1ccc(OC)c(C#CCN)c1. The summed E-state index contributed by atoms with van der Waals surface area (Å²) in [7, 11) is 1.63. The molecule has 0 unspecified atom stereocenters. The molecular weight excluding hydrogens is 250 g/mol. The minimum Gasteiger partial charge on any atom is -0.495 e. The van der Waals surface area contributed by atoms with Crippen molar-refractivity contribution >= 4 is 0 Å². The molecule has 0 aliphatic heterocycles. The first-order chi connectivity index (χ1) is 9.74. The molecule has 2 N–H and O–H groups in total. The van der Waals surface area contributed by atoms with Crippen molar-refractivity contribution in [3.63, 3.8) is 0 Å². The van der Waals surface area contributed by atoms with Crippen LogP contribution in [0.25, 0.3) is 0 Å². The van der Waals surface area contributed by atoms with Gasteiger partial charge in [-0.25, -0.2) is 0 Å². The van der Waals surface area contributed by atoms with Crippen LogP contribution in [-0.4, -0.2) is 31.6 Å². The zero-order valence-electron chi connectivity index (χ0n) is 12.1. The van der Waals surface area contributed by atoms with Gasteiger partial charge in [-0.2, -0.15) is 5.26 Å². The lowest BCUT2D eigenvalue weighted by Gasteiger charge is -2.19. The van der Waals surface area contributed by atoms with E-state index in [1.54, 1.807) is 7.11 Å². The van der Waals surface area contributed by atoms with Crippen LogP contribution in [0.2, 0.25) is 0 Å². The van der Waals surface area contributed by atoms with Crippen molar-refractivity contribution in [1.29, 1.82) is 5.26 Å². The molecule has 0 fully saturated rings. The van der Waals surface area contributed by atoms with E-state index in [9.17, 15) is 0 Å². The van der Waals surface area contributed by atoms with Crippen LogP contribution in [-0.2, 0) is 6.54 Å². The standard InChI is InChI=1S/C16H21N3O/c1-3-19(11-5-10-18)13-14-7-8-16(20-2)15(12-14)6-4-9-17/h7-8,12H,3,5,9,11,13,17H2,1-2H3. The molecule has 1 aromatic carbocycles. The zero-order chi connectivity index (χ0) is 14.8. The van der Waals surface area contributed by atoms with Gasteiger partial charge in [-0.1, -0.05) is 24.8 Å². The van der Waals surface area contributed by atoms with Gasteiger partial charge in [0.05, 0.1) is 25.3 Å². The van der Waals surface area contributed by atoms with Gasteiger partial charge in [-0.15, -0.1) is 0 Å². The smallest absolute Gasteiger partial charge is 0.134 e. The fourth-order valence-corrected chi connectivity index (χ4v) is 1.91. The van der Waals surface area contributed by atoms with E-state index < -0.39 is 0 Å². The van der Waals surface area contributed by atoms with Gasteiger partial charge in [0.2, 0.25) is 0 Å². The number of nitrogens with zero attached hydrogens (tertiary/aromatic N) is 2. The molecular formula is C16H21N3O. The maximum Gasteiger partial charge on any atom is 0.134 e. The monoisotopic (exact) mass is 271 g/mol. The minimum atomic E-state index is 0.330. The summed E-state index contributed by atoms with van der Waals surface area (Å²) in [4.78, 5) is 2.23. The Morgan fingerprint density at radius 1 is 1.40 bits per heavy atom. The molecule has 0 saturated heterocycles. The molecule has 0 aromatic heterocycles. The second kappa shape index (κ2) is 8.98. The van der Waals surface area contributed by atoms with E-state index in [4.69, 9.17) is 15.7 Å². The molecule has 0 heterocycles. The van der Waals surface area contributed by atoms with Gasteiger partial charge in [0.15, 0.2) is 0 Å². The first-order valence-electron chi connectivity index (χ1n) is 6.70. The molecule has 1 rings (SSSR count). The van der Waals surface area contributed by atoms with Crippen LogP contribution >= 0.6 is 0 Å². The summed E-state index contributed by atoms with van der Waals surface area (Å²) < 4.78 is 5.29. The third-order valence-corrected chi connectivity index (χ3v) is 2.98. The summed E-state index contributed by atoms with van der Waals surface area (Å²) in [5, 5.41) is 8.66. The first kappa shape index (κ1) is 16.0. The van der Waals surface area contributed by atoms with E-state index in [1.165, 1.54) is 0 Å². The van der Waals surface area contributed by atoms with Gasteiger partial charge < -0.3 is 10.5 Å². The van der Waals surface area contributed by atoms with E-state index in [1.807, 2.05) is 18.2 Å². The number of benzene rings is 1. The molecule has 0 radical (unpaired) electrons. The Morgan fingerprint density at radius 2 is 2.20 bits per heavy atom. The summed E-state index contributed by atoms with van der Waals surface area (Å²) >= 11 is 0. The summed E-state index contributed by atoms with van der Waals surface area (Å²) in [6.45, 7) is 4.92. The van der Waals surface area contributed by atoms with Gasteiger partial charge in [-0.3, -0.25) is 4.90 Å².